The van der Waals surface area contributed by atoms with E-state index in [2.05, 4.69) is 35.3 Å². The number of aryl methyl sites for hydroxylation is 1. The van der Waals surface area contributed by atoms with Gasteiger partial charge >= 0.3 is 0 Å². The third kappa shape index (κ3) is 3.64. The lowest BCUT2D eigenvalue weighted by Gasteiger charge is -2.36. The van der Waals surface area contributed by atoms with E-state index in [0.29, 0.717) is 28.5 Å². The Bertz CT molecular complexity index is 1480. The van der Waals surface area contributed by atoms with E-state index in [1.807, 2.05) is 48.4 Å². The molecule has 1 fully saturated rings. The molecule has 1 aliphatic heterocycles. The zero-order chi connectivity index (χ0) is 22.4. The Labute approximate surface area is 188 Å². The summed E-state index contributed by atoms with van der Waals surface area (Å²) in [6.45, 7) is 3.47. The van der Waals surface area contributed by atoms with E-state index in [1.54, 1.807) is 10.7 Å². The van der Waals surface area contributed by atoms with E-state index in [9.17, 15) is 0 Å². The fourth-order valence-electron chi connectivity index (χ4n) is 3.73. The molecule has 164 valence electrons. The maximum Gasteiger partial charge on any atom is 0.226 e. The molecule has 1 aromatic carbocycles. The molecule has 1 aliphatic rings. The normalized spacial score (nSPS) is 13.9. The van der Waals surface area contributed by atoms with E-state index >= 15 is 0 Å². The minimum atomic E-state index is 0.163. The van der Waals surface area contributed by atoms with E-state index in [0.717, 1.165) is 35.7 Å². The van der Waals surface area contributed by atoms with Crippen LogP contribution in [-0.4, -0.2) is 53.7 Å². The highest BCUT2D eigenvalue weighted by Gasteiger charge is 2.25. The lowest BCUT2D eigenvalue weighted by Crippen LogP contribution is -2.56. The first-order chi connectivity index (χ1) is 16.1. The van der Waals surface area contributed by atoms with Crippen LogP contribution in [0.15, 0.2) is 55.4 Å². The van der Waals surface area contributed by atoms with E-state index in [-0.39, 0.29) is 6.04 Å². The third-order valence-electron chi connectivity index (χ3n) is 5.47. The molecule has 11 nitrogen and oxygen atoms in total. The molecular formula is C22H20N10O. The van der Waals surface area contributed by atoms with Crippen molar-refractivity contribution in [3.8, 4) is 11.5 Å². The number of aromatic nitrogens is 7. The maximum atomic E-state index is 6.06. The summed E-state index contributed by atoms with van der Waals surface area (Å²) in [5.41, 5.74) is 9.76. The number of pyridine rings is 1. The zero-order valence-corrected chi connectivity index (χ0v) is 17.8. The van der Waals surface area contributed by atoms with E-state index < -0.39 is 0 Å². The third-order valence-corrected chi connectivity index (χ3v) is 5.47. The first kappa shape index (κ1) is 19.3. The number of nitrogens with zero attached hydrogens (tertiary/aromatic N) is 8. The van der Waals surface area contributed by atoms with Gasteiger partial charge in [-0.3, -0.25) is 0 Å². The van der Waals surface area contributed by atoms with Crippen LogP contribution in [0.1, 0.15) is 5.56 Å². The summed E-state index contributed by atoms with van der Waals surface area (Å²) in [6.07, 6.45) is 6.53. The SMILES string of the molecule is Cc1cc(Nc2ncnc3cnc(N4CC(N)C4)nc23)ccc1Oc1ccn2ncnc2c1. The van der Waals surface area contributed by atoms with Gasteiger partial charge < -0.3 is 20.7 Å². The number of hydrogen-bond acceptors (Lipinski definition) is 10. The van der Waals surface area contributed by atoms with Gasteiger partial charge in [-0.2, -0.15) is 5.10 Å². The summed E-state index contributed by atoms with van der Waals surface area (Å²) < 4.78 is 7.75. The molecule has 0 unspecified atom stereocenters. The molecule has 11 heteroatoms. The largest absolute Gasteiger partial charge is 0.457 e. The summed E-state index contributed by atoms with van der Waals surface area (Å²) in [5.74, 6) is 2.68. The molecule has 3 N–H and O–H groups in total. The summed E-state index contributed by atoms with van der Waals surface area (Å²) in [5, 5.41) is 7.45. The van der Waals surface area contributed by atoms with Crippen LogP contribution in [0, 0.1) is 6.92 Å². The molecule has 6 rings (SSSR count). The van der Waals surface area contributed by atoms with Crippen molar-refractivity contribution in [2.24, 2.45) is 5.73 Å². The number of benzene rings is 1. The average Bonchev–Trinajstić information content (AvgIpc) is 3.27. The van der Waals surface area contributed by atoms with Crippen LogP contribution >= 0.6 is 0 Å². The van der Waals surface area contributed by atoms with Crippen LogP contribution in [0.4, 0.5) is 17.5 Å². The Morgan fingerprint density at radius 2 is 1.97 bits per heavy atom. The van der Waals surface area contributed by atoms with Crippen molar-refractivity contribution < 1.29 is 4.74 Å². The van der Waals surface area contributed by atoms with Crippen LogP contribution in [0.3, 0.4) is 0 Å². The van der Waals surface area contributed by atoms with Crippen molar-refractivity contribution in [1.82, 2.24) is 34.5 Å². The van der Waals surface area contributed by atoms with Crippen LogP contribution < -0.4 is 20.7 Å². The van der Waals surface area contributed by atoms with Crippen LogP contribution in [0.5, 0.6) is 11.5 Å². The minimum absolute atomic E-state index is 0.163. The molecule has 0 spiro atoms. The number of nitrogens with two attached hydrogens (primary N) is 1. The predicted octanol–water partition coefficient (Wildman–Crippen LogP) is 2.45. The van der Waals surface area contributed by atoms with Crippen molar-refractivity contribution >= 4 is 34.1 Å². The Hall–Kier alpha value is -4.38. The fourth-order valence-corrected chi connectivity index (χ4v) is 3.73. The van der Waals surface area contributed by atoms with Gasteiger partial charge in [0.2, 0.25) is 5.95 Å². The Morgan fingerprint density at radius 1 is 1.06 bits per heavy atom. The summed E-state index contributed by atoms with van der Waals surface area (Å²) in [7, 11) is 0. The summed E-state index contributed by atoms with van der Waals surface area (Å²) in [6, 6.07) is 9.70. The van der Waals surface area contributed by atoms with Gasteiger partial charge in [-0.25, -0.2) is 29.4 Å². The van der Waals surface area contributed by atoms with Crippen molar-refractivity contribution in [3.05, 3.63) is 60.9 Å². The van der Waals surface area contributed by atoms with Crippen LogP contribution in [-0.2, 0) is 0 Å². The number of nitrogens with one attached hydrogen (secondary N) is 1. The molecule has 0 bridgehead atoms. The van der Waals surface area contributed by atoms with Crippen molar-refractivity contribution in [1.29, 1.82) is 0 Å². The topological polar surface area (TPSA) is 132 Å². The van der Waals surface area contributed by atoms with Gasteiger partial charge in [0.25, 0.3) is 0 Å². The van der Waals surface area contributed by atoms with Gasteiger partial charge in [-0.15, -0.1) is 0 Å². The number of hydrogen-bond donors (Lipinski definition) is 2. The molecule has 0 saturated carbocycles. The number of ether oxygens (including phenoxy) is 1. The van der Waals surface area contributed by atoms with Crippen molar-refractivity contribution in [3.63, 3.8) is 0 Å². The molecule has 5 aromatic rings. The Balaban J connectivity index is 1.25. The molecule has 33 heavy (non-hydrogen) atoms. The second kappa shape index (κ2) is 7.64. The minimum Gasteiger partial charge on any atom is -0.457 e. The number of rotatable bonds is 5. The smallest absolute Gasteiger partial charge is 0.226 e. The van der Waals surface area contributed by atoms with Gasteiger partial charge in [-0.05, 0) is 36.8 Å². The molecular weight excluding hydrogens is 420 g/mol. The second-order valence-electron chi connectivity index (χ2n) is 7.92. The monoisotopic (exact) mass is 440 g/mol. The molecule has 0 radical (unpaired) electrons. The molecule has 0 atom stereocenters. The zero-order valence-electron chi connectivity index (χ0n) is 17.8. The quantitative estimate of drug-likeness (QED) is 0.420. The Morgan fingerprint density at radius 3 is 2.82 bits per heavy atom. The second-order valence-corrected chi connectivity index (χ2v) is 7.92. The lowest BCUT2D eigenvalue weighted by atomic mass is 10.1. The lowest BCUT2D eigenvalue weighted by molar-refractivity contribution is 0.478. The van der Waals surface area contributed by atoms with E-state index in [4.69, 9.17) is 10.5 Å². The van der Waals surface area contributed by atoms with Gasteiger partial charge in [0.15, 0.2) is 11.5 Å². The summed E-state index contributed by atoms with van der Waals surface area (Å²) in [4.78, 5) is 24.0. The molecule has 0 aliphatic carbocycles. The van der Waals surface area contributed by atoms with Gasteiger partial charge in [0.05, 0.1) is 6.20 Å². The Kier molecular flexibility index (Phi) is 4.47. The highest BCUT2D eigenvalue weighted by molar-refractivity contribution is 5.87. The number of fused-ring (bicyclic) bond motifs is 2. The predicted molar refractivity (Wildman–Crippen MR) is 123 cm³/mol. The highest BCUT2D eigenvalue weighted by atomic mass is 16.5. The van der Waals surface area contributed by atoms with E-state index in [1.165, 1.54) is 12.7 Å². The molecule has 0 amide bonds. The first-order valence-corrected chi connectivity index (χ1v) is 10.5. The first-order valence-electron chi connectivity index (χ1n) is 10.5. The average molecular weight is 440 g/mol. The maximum absolute atomic E-state index is 6.06. The number of anilines is 3. The van der Waals surface area contributed by atoms with Crippen molar-refractivity contribution in [2.45, 2.75) is 13.0 Å². The van der Waals surface area contributed by atoms with Gasteiger partial charge in [0.1, 0.15) is 35.2 Å². The van der Waals surface area contributed by atoms with Crippen LogP contribution in [0.2, 0.25) is 0 Å². The van der Waals surface area contributed by atoms with Gasteiger partial charge in [0, 0.05) is 37.1 Å². The molecule has 1 saturated heterocycles. The fraction of sp³-hybridized carbons (Fsp3) is 0.182. The molecule has 5 heterocycles. The molecule has 4 aromatic heterocycles. The van der Waals surface area contributed by atoms with Crippen molar-refractivity contribution in [2.75, 3.05) is 23.3 Å². The standard InChI is InChI=1S/C22H20N10O/c1-13-6-15(2-3-18(13)33-16-4-5-32-19(7-16)26-12-28-32)29-21-20-17(25-11-27-21)8-24-22(30-20)31-9-14(23)10-31/h2-8,11-12,14H,9-10,23H2,1H3,(H,25,27,29). The van der Waals surface area contributed by atoms with Crippen LogP contribution in [0.25, 0.3) is 16.7 Å². The highest BCUT2D eigenvalue weighted by Crippen LogP contribution is 2.30. The summed E-state index contributed by atoms with van der Waals surface area (Å²) >= 11 is 0. The van der Waals surface area contributed by atoms with Gasteiger partial charge in [-0.1, -0.05) is 0 Å².